The predicted molar refractivity (Wildman–Crippen MR) is 146 cm³/mol. The maximum atomic E-state index is 14.4. The first-order chi connectivity index (χ1) is 18.5. The van der Waals surface area contributed by atoms with Crippen LogP contribution in [-0.2, 0) is 12.8 Å². The number of aromatic nitrogens is 3. The van der Waals surface area contributed by atoms with Gasteiger partial charge in [-0.05, 0) is 60.4 Å². The monoisotopic (exact) mass is 522 g/mol. The second kappa shape index (κ2) is 9.79. The highest BCUT2D eigenvalue weighted by molar-refractivity contribution is 7.17. The molecule has 5 aromatic rings. The Morgan fingerprint density at radius 1 is 1.08 bits per heavy atom. The molecule has 4 heterocycles. The third kappa shape index (κ3) is 4.33. The molecule has 0 saturated carbocycles. The lowest BCUT2D eigenvalue weighted by Crippen LogP contribution is -2.33. The van der Waals surface area contributed by atoms with Crippen LogP contribution in [0.1, 0.15) is 36.9 Å². The largest absolute Gasteiger partial charge is 0.306 e. The number of carbonyl (C=O) groups is 2. The minimum atomic E-state index is -0.360. The summed E-state index contributed by atoms with van der Waals surface area (Å²) in [4.78, 5) is 34.8. The average molecular weight is 523 g/mol. The lowest BCUT2D eigenvalue weighted by molar-refractivity contribution is 0.0978. The second-order valence-electron chi connectivity index (χ2n) is 9.22. The number of para-hydroxylation sites is 1. The van der Waals surface area contributed by atoms with Gasteiger partial charge in [0, 0.05) is 35.2 Å². The summed E-state index contributed by atoms with van der Waals surface area (Å²) in [6, 6.07) is 19.9. The topological polar surface area (TPSA) is 79.0 Å². The number of rotatable bonds is 5. The molecule has 3 aromatic heterocycles. The maximum Gasteiger partial charge on any atom is 0.276 e. The van der Waals surface area contributed by atoms with E-state index in [-0.39, 0.29) is 23.9 Å². The first-order valence-electron chi connectivity index (χ1n) is 12.3. The van der Waals surface area contributed by atoms with E-state index in [0.29, 0.717) is 34.8 Å². The standard InChI is InChI=1S/C30H23FN4O2S/c1-18-6-4-8-23(31)22(18)15-27(36)28-14-19-12-13-35(26-11-3-2-7-21(26)29(19)38-28)30(37)25-10-5-9-24(34-25)20-16-32-33-17-20/h2-11,14,16-17H,12-13,15H2,1H3,(H,32,33). The number of hydrogen-bond acceptors (Lipinski definition) is 5. The lowest BCUT2D eigenvalue weighted by Gasteiger charge is -2.22. The highest BCUT2D eigenvalue weighted by Crippen LogP contribution is 2.42. The van der Waals surface area contributed by atoms with Crippen LogP contribution in [0.25, 0.3) is 21.7 Å². The van der Waals surface area contributed by atoms with E-state index in [1.165, 1.54) is 17.4 Å². The van der Waals surface area contributed by atoms with Crippen LogP contribution >= 0.6 is 11.3 Å². The molecule has 0 radical (unpaired) electrons. The van der Waals surface area contributed by atoms with E-state index < -0.39 is 0 Å². The molecule has 2 aromatic carbocycles. The normalized spacial score (nSPS) is 12.5. The molecule has 0 fully saturated rings. The third-order valence-corrected chi connectivity index (χ3v) is 8.08. The number of aryl methyl sites for hydroxylation is 1. The van der Waals surface area contributed by atoms with Crippen LogP contribution in [0, 0.1) is 12.7 Å². The summed E-state index contributed by atoms with van der Waals surface area (Å²) in [7, 11) is 0. The van der Waals surface area contributed by atoms with E-state index in [1.807, 2.05) is 55.5 Å². The van der Waals surface area contributed by atoms with Crippen LogP contribution in [0.2, 0.25) is 0 Å². The van der Waals surface area contributed by atoms with Gasteiger partial charge in [0.1, 0.15) is 11.5 Å². The fourth-order valence-electron chi connectivity index (χ4n) is 4.83. The summed E-state index contributed by atoms with van der Waals surface area (Å²) >= 11 is 1.40. The Bertz CT molecular complexity index is 1660. The molecule has 1 aliphatic rings. The molecule has 0 unspecified atom stereocenters. The Balaban J connectivity index is 1.32. The van der Waals surface area contributed by atoms with Gasteiger partial charge < -0.3 is 4.90 Å². The van der Waals surface area contributed by atoms with Gasteiger partial charge in [0.2, 0.25) is 0 Å². The molecule has 0 aliphatic carbocycles. The van der Waals surface area contributed by atoms with E-state index in [2.05, 4.69) is 15.2 Å². The van der Waals surface area contributed by atoms with Crippen molar-refractivity contribution in [1.29, 1.82) is 0 Å². The average Bonchev–Trinajstić information content (AvgIpc) is 3.60. The Morgan fingerprint density at radius 2 is 1.92 bits per heavy atom. The Hall–Kier alpha value is -4.43. The number of nitrogens with zero attached hydrogens (tertiary/aromatic N) is 3. The van der Waals surface area contributed by atoms with Crippen molar-refractivity contribution in [3.8, 4) is 21.7 Å². The summed E-state index contributed by atoms with van der Waals surface area (Å²) in [6.45, 7) is 2.26. The molecule has 1 N–H and O–H groups in total. The van der Waals surface area contributed by atoms with Crippen LogP contribution in [0.5, 0.6) is 0 Å². The summed E-state index contributed by atoms with van der Waals surface area (Å²) in [5.74, 6) is -0.660. The number of benzene rings is 2. The van der Waals surface area contributed by atoms with E-state index in [1.54, 1.807) is 29.4 Å². The van der Waals surface area contributed by atoms with E-state index in [4.69, 9.17) is 0 Å². The molecule has 0 bridgehead atoms. The van der Waals surface area contributed by atoms with Crippen LogP contribution < -0.4 is 4.90 Å². The number of carbonyl (C=O) groups excluding carboxylic acids is 2. The summed E-state index contributed by atoms with van der Waals surface area (Å²) in [5, 5.41) is 6.74. The number of Topliss-reactive ketones (excluding diaryl/α,β-unsaturated/α-hetero) is 1. The lowest BCUT2D eigenvalue weighted by atomic mass is 10.0. The number of nitrogens with one attached hydrogen (secondary N) is 1. The van der Waals surface area contributed by atoms with Crippen molar-refractivity contribution >= 4 is 28.7 Å². The minimum Gasteiger partial charge on any atom is -0.306 e. The molecule has 1 aliphatic heterocycles. The van der Waals surface area contributed by atoms with Gasteiger partial charge >= 0.3 is 0 Å². The molecule has 6 rings (SSSR count). The molecular formula is C30H23FN4O2S. The SMILES string of the molecule is Cc1cccc(F)c1CC(=O)c1cc2c(s1)-c1ccccc1N(C(=O)c1cccc(-c3cn[nH]c3)n1)CC2. The first kappa shape index (κ1) is 23.9. The van der Waals surface area contributed by atoms with E-state index in [9.17, 15) is 14.0 Å². The zero-order chi connectivity index (χ0) is 26.2. The molecule has 38 heavy (non-hydrogen) atoms. The van der Waals surface area contributed by atoms with Crippen LogP contribution in [0.3, 0.4) is 0 Å². The summed E-state index contributed by atoms with van der Waals surface area (Å²) in [5.41, 5.74) is 5.69. The number of fused-ring (bicyclic) bond motifs is 3. The minimum absolute atomic E-state index is 0.0167. The van der Waals surface area contributed by atoms with E-state index in [0.717, 1.165) is 32.8 Å². The van der Waals surface area contributed by atoms with Crippen molar-refractivity contribution in [2.24, 2.45) is 0 Å². The van der Waals surface area contributed by atoms with Crippen LogP contribution in [0.4, 0.5) is 10.1 Å². The maximum absolute atomic E-state index is 14.4. The zero-order valence-electron chi connectivity index (χ0n) is 20.6. The smallest absolute Gasteiger partial charge is 0.276 e. The fraction of sp³-hybridized carbons (Fsp3) is 0.133. The molecular weight excluding hydrogens is 499 g/mol. The van der Waals surface area contributed by atoms with Crippen LogP contribution in [0.15, 0.2) is 79.1 Å². The van der Waals surface area contributed by atoms with Gasteiger partial charge in [-0.25, -0.2) is 9.37 Å². The van der Waals surface area contributed by atoms with Gasteiger partial charge in [-0.1, -0.05) is 36.4 Å². The number of ketones is 1. The molecule has 8 heteroatoms. The van der Waals surface area contributed by atoms with Gasteiger partial charge in [-0.2, -0.15) is 5.10 Å². The summed E-state index contributed by atoms with van der Waals surface area (Å²) in [6.07, 6.45) is 4.01. The van der Waals surface area contributed by atoms with Gasteiger partial charge in [0.15, 0.2) is 5.78 Å². The van der Waals surface area contributed by atoms with Crippen molar-refractivity contribution in [2.45, 2.75) is 19.8 Å². The number of halogens is 1. The third-order valence-electron chi connectivity index (χ3n) is 6.83. The van der Waals surface area contributed by atoms with Crippen molar-refractivity contribution in [1.82, 2.24) is 15.2 Å². The number of thiophene rings is 1. The number of aromatic amines is 1. The molecule has 0 saturated heterocycles. The predicted octanol–water partition coefficient (Wildman–Crippen LogP) is 6.28. The zero-order valence-corrected chi connectivity index (χ0v) is 21.4. The van der Waals surface area contributed by atoms with E-state index >= 15 is 0 Å². The molecule has 0 spiro atoms. The Kier molecular flexibility index (Phi) is 6.17. The van der Waals surface area contributed by atoms with Crippen LogP contribution in [-0.4, -0.2) is 33.4 Å². The Labute approximate surface area is 222 Å². The van der Waals surface area contributed by atoms with Gasteiger partial charge in [-0.3, -0.25) is 14.7 Å². The molecule has 6 nitrogen and oxygen atoms in total. The molecule has 0 atom stereocenters. The number of anilines is 1. The van der Waals surface area contributed by atoms with Crippen molar-refractivity contribution in [2.75, 3.05) is 11.4 Å². The highest BCUT2D eigenvalue weighted by Gasteiger charge is 2.28. The van der Waals surface area contributed by atoms with Crippen molar-refractivity contribution in [3.63, 3.8) is 0 Å². The van der Waals surface area contributed by atoms with Gasteiger partial charge in [-0.15, -0.1) is 11.3 Å². The highest BCUT2D eigenvalue weighted by atomic mass is 32.1. The fourth-order valence-corrected chi connectivity index (χ4v) is 6.01. The second-order valence-corrected chi connectivity index (χ2v) is 10.3. The van der Waals surface area contributed by atoms with Crippen molar-refractivity contribution < 1.29 is 14.0 Å². The Morgan fingerprint density at radius 3 is 2.74 bits per heavy atom. The number of hydrogen-bond donors (Lipinski definition) is 1. The number of H-pyrrole nitrogens is 1. The van der Waals surface area contributed by atoms with Gasteiger partial charge in [0.25, 0.3) is 5.91 Å². The first-order valence-corrected chi connectivity index (χ1v) is 13.1. The number of amides is 1. The summed E-state index contributed by atoms with van der Waals surface area (Å²) < 4.78 is 14.4. The quantitative estimate of drug-likeness (QED) is 0.276. The molecule has 188 valence electrons. The van der Waals surface area contributed by atoms with Gasteiger partial charge in [0.05, 0.1) is 22.5 Å². The molecule has 1 amide bonds. The van der Waals surface area contributed by atoms with Crippen molar-refractivity contribution in [3.05, 3.63) is 112 Å². The number of pyridine rings is 1.